The quantitative estimate of drug-likeness (QED) is 0.859. The van der Waals surface area contributed by atoms with Gasteiger partial charge in [-0.25, -0.2) is 0 Å². The zero-order valence-electron chi connectivity index (χ0n) is 11.0. The molecule has 0 saturated carbocycles. The largest absolute Gasteiger partial charge is 0.334 e. The molecule has 0 saturated heterocycles. The van der Waals surface area contributed by atoms with Gasteiger partial charge < -0.3 is 4.90 Å². The van der Waals surface area contributed by atoms with Crippen molar-refractivity contribution in [1.29, 1.82) is 5.26 Å². The smallest absolute Gasteiger partial charge is 0.254 e. The Morgan fingerprint density at radius 1 is 1.40 bits per heavy atom. The van der Waals surface area contributed by atoms with Crippen LogP contribution in [-0.2, 0) is 6.54 Å². The molecule has 0 unspecified atom stereocenters. The van der Waals surface area contributed by atoms with Gasteiger partial charge in [0.05, 0.1) is 22.5 Å². The summed E-state index contributed by atoms with van der Waals surface area (Å²) in [5, 5.41) is 8.89. The topological polar surface area (TPSA) is 44.1 Å². The highest BCUT2D eigenvalue weighted by Gasteiger charge is 2.15. The third-order valence-corrected chi connectivity index (χ3v) is 4.10. The summed E-state index contributed by atoms with van der Waals surface area (Å²) in [7, 11) is 0. The highest BCUT2D eigenvalue weighted by Crippen LogP contribution is 2.23. The molecule has 1 aromatic carbocycles. The number of hydrogen-bond donors (Lipinski definition) is 0. The fraction of sp³-hybridized carbons (Fsp3) is 0.200. The number of carbonyl (C=O) groups excluding carboxylic acids is 1. The van der Waals surface area contributed by atoms with Gasteiger partial charge in [-0.3, -0.25) is 4.79 Å². The molecule has 1 aromatic heterocycles. The van der Waals surface area contributed by atoms with Gasteiger partial charge in [0.15, 0.2) is 0 Å². The first kappa shape index (κ1) is 14.6. The molecular weight excluding hydrogens is 292 g/mol. The van der Waals surface area contributed by atoms with Crippen molar-refractivity contribution in [2.75, 3.05) is 6.54 Å². The van der Waals surface area contributed by atoms with E-state index in [4.69, 9.17) is 16.9 Å². The number of hydrogen-bond acceptors (Lipinski definition) is 3. The zero-order valence-corrected chi connectivity index (χ0v) is 12.5. The van der Waals surface area contributed by atoms with Crippen molar-refractivity contribution < 1.29 is 4.79 Å². The predicted octanol–water partition coefficient (Wildman–Crippen LogP) is 3.94. The van der Waals surface area contributed by atoms with Crippen molar-refractivity contribution >= 4 is 28.8 Å². The molecule has 0 aliphatic carbocycles. The summed E-state index contributed by atoms with van der Waals surface area (Å²) < 4.78 is 0.718. The molecular formula is C15H13ClN2OS. The van der Waals surface area contributed by atoms with Crippen molar-refractivity contribution in [1.82, 2.24) is 4.90 Å². The third kappa shape index (κ3) is 3.38. The van der Waals surface area contributed by atoms with E-state index in [1.807, 2.05) is 25.1 Å². The summed E-state index contributed by atoms with van der Waals surface area (Å²) in [6, 6.07) is 12.6. The molecule has 0 aliphatic heterocycles. The zero-order chi connectivity index (χ0) is 14.5. The van der Waals surface area contributed by atoms with Crippen molar-refractivity contribution in [3.8, 4) is 6.07 Å². The van der Waals surface area contributed by atoms with Crippen LogP contribution in [-0.4, -0.2) is 17.4 Å². The Labute approximate surface area is 127 Å². The number of thiophene rings is 1. The van der Waals surface area contributed by atoms with Crippen LogP contribution in [0.5, 0.6) is 0 Å². The molecule has 0 aliphatic rings. The van der Waals surface area contributed by atoms with E-state index in [-0.39, 0.29) is 5.91 Å². The van der Waals surface area contributed by atoms with E-state index >= 15 is 0 Å². The summed E-state index contributed by atoms with van der Waals surface area (Å²) in [4.78, 5) is 15.2. The maximum Gasteiger partial charge on any atom is 0.254 e. The highest BCUT2D eigenvalue weighted by molar-refractivity contribution is 7.16. The molecule has 1 heterocycles. The van der Waals surface area contributed by atoms with E-state index in [9.17, 15) is 4.79 Å². The van der Waals surface area contributed by atoms with Crippen molar-refractivity contribution in [2.45, 2.75) is 13.5 Å². The van der Waals surface area contributed by atoms with Crippen LogP contribution in [0.4, 0.5) is 0 Å². The molecule has 102 valence electrons. The summed E-state index contributed by atoms with van der Waals surface area (Å²) in [6.45, 7) is 3.07. The molecule has 0 fully saturated rings. The van der Waals surface area contributed by atoms with E-state index in [1.165, 1.54) is 11.3 Å². The molecule has 0 bridgehead atoms. The lowest BCUT2D eigenvalue weighted by molar-refractivity contribution is 0.0754. The monoisotopic (exact) mass is 304 g/mol. The van der Waals surface area contributed by atoms with Gasteiger partial charge in [-0.1, -0.05) is 17.7 Å². The Morgan fingerprint density at radius 2 is 2.20 bits per heavy atom. The second-order valence-electron chi connectivity index (χ2n) is 4.22. The van der Waals surface area contributed by atoms with E-state index < -0.39 is 0 Å². The predicted molar refractivity (Wildman–Crippen MR) is 80.9 cm³/mol. The molecule has 1 amide bonds. The number of nitrogens with zero attached hydrogens (tertiary/aromatic N) is 2. The van der Waals surface area contributed by atoms with Gasteiger partial charge in [0.1, 0.15) is 0 Å². The van der Waals surface area contributed by atoms with Crippen molar-refractivity contribution in [3.63, 3.8) is 0 Å². The molecule has 0 spiro atoms. The minimum absolute atomic E-state index is 0.0749. The van der Waals surface area contributed by atoms with Crippen LogP contribution >= 0.6 is 22.9 Å². The molecule has 0 radical (unpaired) electrons. The lowest BCUT2D eigenvalue weighted by Gasteiger charge is -2.20. The molecule has 20 heavy (non-hydrogen) atoms. The van der Waals surface area contributed by atoms with Crippen LogP contribution in [0, 0.1) is 11.3 Å². The van der Waals surface area contributed by atoms with Gasteiger partial charge in [0.2, 0.25) is 0 Å². The second kappa shape index (κ2) is 6.56. The average Bonchev–Trinajstić information content (AvgIpc) is 2.89. The lowest BCUT2D eigenvalue weighted by atomic mass is 10.1. The molecule has 3 nitrogen and oxygen atoms in total. The maximum absolute atomic E-state index is 12.4. The van der Waals surface area contributed by atoms with E-state index in [0.717, 1.165) is 9.21 Å². The molecule has 0 atom stereocenters. The lowest BCUT2D eigenvalue weighted by Crippen LogP contribution is -2.30. The summed E-state index contributed by atoms with van der Waals surface area (Å²) in [5.41, 5.74) is 1.03. The van der Waals surface area contributed by atoms with Gasteiger partial charge >= 0.3 is 0 Å². The van der Waals surface area contributed by atoms with Crippen molar-refractivity contribution in [2.24, 2.45) is 0 Å². The normalized spacial score (nSPS) is 10.1. The first-order valence-corrected chi connectivity index (χ1v) is 7.37. The first-order chi connectivity index (χ1) is 9.63. The maximum atomic E-state index is 12.4. The number of benzene rings is 1. The fourth-order valence-electron chi connectivity index (χ4n) is 1.86. The van der Waals surface area contributed by atoms with E-state index in [1.54, 1.807) is 29.2 Å². The number of rotatable bonds is 4. The Morgan fingerprint density at radius 3 is 2.80 bits per heavy atom. The van der Waals surface area contributed by atoms with Crippen LogP contribution < -0.4 is 0 Å². The van der Waals surface area contributed by atoms with Crippen LogP contribution in [0.25, 0.3) is 0 Å². The van der Waals surface area contributed by atoms with Gasteiger partial charge in [-0.05, 0) is 37.3 Å². The van der Waals surface area contributed by atoms with Crippen LogP contribution in [0.15, 0.2) is 36.4 Å². The van der Waals surface area contributed by atoms with Crippen molar-refractivity contribution in [3.05, 3.63) is 56.7 Å². The Kier molecular flexibility index (Phi) is 4.78. The first-order valence-electron chi connectivity index (χ1n) is 6.17. The molecule has 2 rings (SSSR count). The van der Waals surface area contributed by atoms with Gasteiger partial charge in [0.25, 0.3) is 5.91 Å². The van der Waals surface area contributed by atoms with E-state index in [0.29, 0.717) is 24.2 Å². The minimum atomic E-state index is -0.0749. The standard InChI is InChI=1S/C15H13ClN2OS/c1-2-18(10-13-6-7-14(16)20-13)15(19)12-5-3-4-11(8-12)9-17/h3-8H,2,10H2,1H3. The van der Waals surface area contributed by atoms with Crippen LogP contribution in [0.3, 0.4) is 0 Å². The summed E-state index contributed by atoms with van der Waals surface area (Å²) in [6.07, 6.45) is 0. The van der Waals surface area contributed by atoms with E-state index in [2.05, 4.69) is 0 Å². The average molecular weight is 305 g/mol. The fourth-order valence-corrected chi connectivity index (χ4v) is 2.96. The van der Waals surface area contributed by atoms with Gasteiger partial charge in [-0.15, -0.1) is 11.3 Å². The summed E-state index contributed by atoms with van der Waals surface area (Å²) >= 11 is 7.37. The molecule has 2 aromatic rings. The number of amides is 1. The number of carbonyl (C=O) groups is 1. The highest BCUT2D eigenvalue weighted by atomic mass is 35.5. The summed E-state index contributed by atoms with van der Waals surface area (Å²) in [5.74, 6) is -0.0749. The Hall–Kier alpha value is -1.83. The van der Waals surface area contributed by atoms with Gasteiger partial charge in [0, 0.05) is 17.0 Å². The van der Waals surface area contributed by atoms with Crippen LogP contribution in [0.2, 0.25) is 4.34 Å². The number of halogens is 1. The minimum Gasteiger partial charge on any atom is -0.334 e. The Bertz CT molecular complexity index is 660. The third-order valence-electron chi connectivity index (χ3n) is 2.88. The SMILES string of the molecule is CCN(Cc1ccc(Cl)s1)C(=O)c1cccc(C#N)c1. The molecule has 0 N–H and O–H groups in total. The molecule has 5 heteroatoms. The van der Waals surface area contributed by atoms with Gasteiger partial charge in [-0.2, -0.15) is 5.26 Å². The Balaban J connectivity index is 2.18. The van der Waals surface area contributed by atoms with Crippen LogP contribution in [0.1, 0.15) is 27.7 Å². The second-order valence-corrected chi connectivity index (χ2v) is 6.02. The number of nitriles is 1.